The summed E-state index contributed by atoms with van der Waals surface area (Å²) in [6.45, 7) is 6.87. The summed E-state index contributed by atoms with van der Waals surface area (Å²) in [5.74, 6) is 0. The smallest absolute Gasteiger partial charge is 0.0541 e. The second kappa shape index (κ2) is 13.7. The summed E-state index contributed by atoms with van der Waals surface area (Å²) in [4.78, 5) is 2.40. The molecule has 1 heterocycles. The largest absolute Gasteiger partial charge is 0.310 e. The SMILES string of the molecule is CC(C)(C)c1ccc2c(c1)c1cc(-c3ccccc3N(c3ccc(-c4ccccc4)cc3)c3ccc(-c4ccccc4)cc3)ccc1n2-c1ccccc1. The molecule has 0 saturated heterocycles. The van der Waals surface area contributed by atoms with E-state index in [1.807, 2.05) is 0 Å². The third-order valence-electron chi connectivity index (χ3n) is 10.6. The highest BCUT2D eigenvalue weighted by atomic mass is 15.1. The summed E-state index contributed by atoms with van der Waals surface area (Å²) in [5, 5.41) is 2.52. The molecule has 0 spiro atoms. The van der Waals surface area contributed by atoms with Gasteiger partial charge < -0.3 is 9.47 Å². The van der Waals surface area contributed by atoms with E-state index in [1.165, 1.54) is 66.4 Å². The molecule has 0 N–H and O–H groups in total. The van der Waals surface area contributed by atoms with E-state index in [1.54, 1.807) is 0 Å². The van der Waals surface area contributed by atoms with Gasteiger partial charge in [0.2, 0.25) is 0 Å². The molecule has 9 aromatic rings. The van der Waals surface area contributed by atoms with Gasteiger partial charge in [-0.25, -0.2) is 0 Å². The molecule has 1 aromatic heterocycles. The lowest BCUT2D eigenvalue weighted by Gasteiger charge is -2.28. The van der Waals surface area contributed by atoms with Gasteiger partial charge in [-0.2, -0.15) is 0 Å². The molecule has 9 rings (SSSR count). The lowest BCUT2D eigenvalue weighted by molar-refractivity contribution is 0.591. The standard InChI is InChI=1S/C52H42N2/c1-52(2,3)42-28-34-51-48(36-42)47-35-41(27-33-50(47)54(51)43-19-11-6-12-20-43)46-21-13-14-22-49(46)53(44-29-23-39(24-30-44)37-15-7-4-8-16-37)45-31-25-40(26-32-45)38-17-9-5-10-18-38/h4-36H,1-3H3. The normalized spacial score (nSPS) is 11.6. The predicted molar refractivity (Wildman–Crippen MR) is 230 cm³/mol. The molecule has 54 heavy (non-hydrogen) atoms. The van der Waals surface area contributed by atoms with E-state index in [4.69, 9.17) is 0 Å². The van der Waals surface area contributed by atoms with Gasteiger partial charge in [-0.15, -0.1) is 0 Å². The Morgan fingerprint density at radius 2 is 0.833 bits per heavy atom. The van der Waals surface area contributed by atoms with Crippen LogP contribution in [0.25, 0.3) is 60.9 Å². The summed E-state index contributed by atoms with van der Waals surface area (Å²) in [6.07, 6.45) is 0. The highest BCUT2D eigenvalue weighted by Crippen LogP contribution is 2.44. The molecule has 2 heteroatoms. The van der Waals surface area contributed by atoms with Crippen LogP contribution in [0.5, 0.6) is 0 Å². The molecule has 0 atom stereocenters. The van der Waals surface area contributed by atoms with Gasteiger partial charge in [-0.3, -0.25) is 0 Å². The van der Waals surface area contributed by atoms with Gasteiger partial charge in [-0.05, 0) is 106 Å². The van der Waals surface area contributed by atoms with Crippen molar-refractivity contribution in [1.29, 1.82) is 0 Å². The fourth-order valence-corrected chi connectivity index (χ4v) is 7.72. The number of rotatable bonds is 7. The second-order valence-corrected chi connectivity index (χ2v) is 15.1. The molecule has 0 amide bonds. The maximum Gasteiger partial charge on any atom is 0.0541 e. The third kappa shape index (κ3) is 6.16. The zero-order valence-corrected chi connectivity index (χ0v) is 30.9. The summed E-state index contributed by atoms with van der Waals surface area (Å²) in [6, 6.07) is 72.6. The van der Waals surface area contributed by atoms with Crippen molar-refractivity contribution < 1.29 is 0 Å². The fourth-order valence-electron chi connectivity index (χ4n) is 7.72. The van der Waals surface area contributed by atoms with Crippen molar-refractivity contribution in [1.82, 2.24) is 4.57 Å². The molecule has 0 aliphatic carbocycles. The number of hydrogen-bond donors (Lipinski definition) is 0. The maximum absolute atomic E-state index is 2.40. The molecule has 0 fully saturated rings. The van der Waals surface area contributed by atoms with Crippen LogP contribution in [0, 0.1) is 0 Å². The number of fused-ring (bicyclic) bond motifs is 3. The van der Waals surface area contributed by atoms with Crippen molar-refractivity contribution in [2.24, 2.45) is 0 Å². The molecular formula is C52H42N2. The Hall–Kier alpha value is -6.64. The molecule has 0 saturated carbocycles. The summed E-state index contributed by atoms with van der Waals surface area (Å²) in [7, 11) is 0. The quantitative estimate of drug-likeness (QED) is 0.161. The van der Waals surface area contributed by atoms with Crippen LogP contribution in [0.4, 0.5) is 17.1 Å². The average molecular weight is 695 g/mol. The van der Waals surface area contributed by atoms with Gasteiger partial charge in [-0.1, -0.05) is 154 Å². The molecule has 0 bridgehead atoms. The highest BCUT2D eigenvalue weighted by molar-refractivity contribution is 6.11. The van der Waals surface area contributed by atoms with E-state index in [9.17, 15) is 0 Å². The number of benzene rings is 8. The monoisotopic (exact) mass is 694 g/mol. The third-order valence-corrected chi connectivity index (χ3v) is 10.6. The van der Waals surface area contributed by atoms with Crippen LogP contribution in [0.3, 0.4) is 0 Å². The van der Waals surface area contributed by atoms with E-state index < -0.39 is 0 Å². The Labute approximate surface area is 318 Å². The molecule has 0 radical (unpaired) electrons. The summed E-state index contributed by atoms with van der Waals surface area (Å²) < 4.78 is 2.40. The summed E-state index contributed by atoms with van der Waals surface area (Å²) >= 11 is 0. The molecule has 0 aliphatic rings. The fraction of sp³-hybridized carbons (Fsp3) is 0.0769. The molecule has 2 nitrogen and oxygen atoms in total. The zero-order valence-electron chi connectivity index (χ0n) is 30.9. The first-order valence-corrected chi connectivity index (χ1v) is 18.8. The van der Waals surface area contributed by atoms with E-state index >= 15 is 0 Å². The molecule has 8 aromatic carbocycles. The van der Waals surface area contributed by atoms with Crippen LogP contribution in [-0.4, -0.2) is 4.57 Å². The average Bonchev–Trinajstić information content (AvgIpc) is 3.55. The predicted octanol–water partition coefficient (Wildman–Crippen LogP) is 14.6. The molecule has 260 valence electrons. The van der Waals surface area contributed by atoms with E-state index in [0.717, 1.165) is 17.1 Å². The number of para-hydroxylation sites is 2. The van der Waals surface area contributed by atoms with E-state index in [0.29, 0.717) is 0 Å². The maximum atomic E-state index is 2.40. The van der Waals surface area contributed by atoms with Crippen LogP contribution >= 0.6 is 0 Å². The van der Waals surface area contributed by atoms with Crippen molar-refractivity contribution in [2.45, 2.75) is 26.2 Å². The van der Waals surface area contributed by atoms with Crippen LogP contribution < -0.4 is 4.90 Å². The number of nitrogens with zero attached hydrogens (tertiary/aromatic N) is 2. The number of anilines is 3. The van der Waals surface area contributed by atoms with Gasteiger partial charge >= 0.3 is 0 Å². The number of aromatic nitrogens is 1. The van der Waals surface area contributed by atoms with Crippen LogP contribution in [0.2, 0.25) is 0 Å². The lowest BCUT2D eigenvalue weighted by Crippen LogP contribution is -2.11. The van der Waals surface area contributed by atoms with Gasteiger partial charge in [0.15, 0.2) is 0 Å². The highest BCUT2D eigenvalue weighted by Gasteiger charge is 2.21. The van der Waals surface area contributed by atoms with Gasteiger partial charge in [0.1, 0.15) is 0 Å². The van der Waals surface area contributed by atoms with Crippen molar-refractivity contribution in [3.05, 3.63) is 206 Å². The first kappa shape index (κ1) is 33.2. The Balaban J connectivity index is 1.22. The van der Waals surface area contributed by atoms with E-state index in [2.05, 4.69) is 230 Å². The Morgan fingerprint density at radius 3 is 1.39 bits per heavy atom. The lowest BCUT2D eigenvalue weighted by atomic mass is 9.86. The molecular weight excluding hydrogens is 653 g/mol. The first-order valence-electron chi connectivity index (χ1n) is 18.8. The molecule has 0 aliphatic heterocycles. The number of hydrogen-bond acceptors (Lipinski definition) is 1. The van der Waals surface area contributed by atoms with E-state index in [-0.39, 0.29) is 5.41 Å². The van der Waals surface area contributed by atoms with Crippen LogP contribution in [0.15, 0.2) is 200 Å². The Bertz CT molecular complexity index is 2620. The Kier molecular flexibility index (Phi) is 8.44. The van der Waals surface area contributed by atoms with Gasteiger partial charge in [0.25, 0.3) is 0 Å². The van der Waals surface area contributed by atoms with Crippen molar-refractivity contribution >= 4 is 38.9 Å². The van der Waals surface area contributed by atoms with Crippen LogP contribution in [-0.2, 0) is 5.41 Å². The van der Waals surface area contributed by atoms with Gasteiger partial charge in [0, 0.05) is 33.4 Å². The first-order chi connectivity index (χ1) is 26.4. The second-order valence-electron chi connectivity index (χ2n) is 15.1. The minimum atomic E-state index is 0.0339. The van der Waals surface area contributed by atoms with Crippen molar-refractivity contribution in [3.63, 3.8) is 0 Å². The minimum absolute atomic E-state index is 0.0339. The van der Waals surface area contributed by atoms with Crippen molar-refractivity contribution in [2.75, 3.05) is 4.90 Å². The molecule has 0 unspecified atom stereocenters. The minimum Gasteiger partial charge on any atom is -0.310 e. The van der Waals surface area contributed by atoms with Crippen molar-refractivity contribution in [3.8, 4) is 39.1 Å². The Morgan fingerprint density at radius 1 is 0.389 bits per heavy atom. The summed E-state index contributed by atoms with van der Waals surface area (Å²) in [5.41, 5.74) is 15.4. The zero-order chi connectivity index (χ0) is 36.6. The van der Waals surface area contributed by atoms with Gasteiger partial charge in [0.05, 0.1) is 16.7 Å². The van der Waals surface area contributed by atoms with Crippen LogP contribution in [0.1, 0.15) is 26.3 Å². The topological polar surface area (TPSA) is 8.17 Å².